The Morgan fingerprint density at radius 3 is 2.95 bits per heavy atom. The topological polar surface area (TPSA) is 56.3 Å². The average molecular weight is 258 g/mol. The van der Waals surface area contributed by atoms with Crippen molar-refractivity contribution in [3.8, 4) is 0 Å². The van der Waals surface area contributed by atoms with Crippen LogP contribution in [0.1, 0.15) is 12.5 Å². The largest absolute Gasteiger partial charge is 0.481 e. The molecule has 1 fully saturated rings. The van der Waals surface area contributed by atoms with E-state index in [1.54, 1.807) is 0 Å². The second kappa shape index (κ2) is 4.70. The first-order valence-electron chi connectivity index (χ1n) is 6.65. The Balaban J connectivity index is 1.78. The number of H-pyrrole nitrogens is 1. The van der Waals surface area contributed by atoms with Crippen molar-refractivity contribution >= 4 is 16.9 Å². The van der Waals surface area contributed by atoms with Crippen LogP contribution in [0.15, 0.2) is 30.5 Å². The molecule has 1 aliphatic rings. The minimum Gasteiger partial charge on any atom is -0.481 e. The minimum absolute atomic E-state index is 0.225. The van der Waals surface area contributed by atoms with E-state index in [-0.39, 0.29) is 11.8 Å². The van der Waals surface area contributed by atoms with E-state index in [2.05, 4.69) is 22.0 Å². The lowest BCUT2D eigenvalue weighted by Crippen LogP contribution is -2.23. The Bertz CT molecular complexity index is 605. The Labute approximate surface area is 112 Å². The molecule has 2 aromatic rings. The molecule has 0 saturated carbocycles. The predicted molar refractivity (Wildman–Crippen MR) is 73.9 cm³/mol. The molecule has 0 unspecified atom stereocenters. The number of hydrogen-bond donors (Lipinski definition) is 2. The second-order valence-electron chi connectivity index (χ2n) is 5.48. The summed E-state index contributed by atoms with van der Waals surface area (Å²) in [6, 6.07) is 8.22. The molecular formula is C15H18N2O2. The molecule has 2 atom stereocenters. The Morgan fingerprint density at radius 1 is 1.42 bits per heavy atom. The number of carboxylic acid groups (broad SMARTS) is 1. The number of aromatic amines is 1. The maximum absolute atomic E-state index is 11.1. The molecule has 1 saturated heterocycles. The van der Waals surface area contributed by atoms with Crippen LogP contribution in [-0.2, 0) is 11.3 Å². The Morgan fingerprint density at radius 2 is 2.21 bits per heavy atom. The summed E-state index contributed by atoms with van der Waals surface area (Å²) in [5.74, 6) is -0.679. The lowest BCUT2D eigenvalue weighted by atomic mass is 9.99. The molecule has 0 amide bonds. The van der Waals surface area contributed by atoms with Gasteiger partial charge >= 0.3 is 5.97 Å². The molecule has 1 aromatic carbocycles. The van der Waals surface area contributed by atoms with Gasteiger partial charge in [-0.05, 0) is 17.5 Å². The standard InChI is InChI=1S/C15H18N2O2/c1-10-7-17(9-13(10)15(18)19)8-11-6-16-14-5-3-2-4-12(11)14/h2-6,10,13,16H,7-9H2,1H3,(H,18,19)/t10-,13-/m1/s1. The van der Waals surface area contributed by atoms with Crippen molar-refractivity contribution in [1.29, 1.82) is 0 Å². The zero-order valence-electron chi connectivity index (χ0n) is 11.0. The summed E-state index contributed by atoms with van der Waals surface area (Å²) in [5.41, 5.74) is 2.38. The van der Waals surface area contributed by atoms with E-state index in [4.69, 9.17) is 5.11 Å². The number of benzene rings is 1. The van der Waals surface area contributed by atoms with Gasteiger partial charge in [0, 0.05) is 36.7 Å². The highest BCUT2D eigenvalue weighted by Gasteiger charge is 2.34. The Kier molecular flexibility index (Phi) is 3.03. The van der Waals surface area contributed by atoms with Gasteiger partial charge in [0.1, 0.15) is 0 Å². The summed E-state index contributed by atoms with van der Waals surface area (Å²) < 4.78 is 0. The van der Waals surface area contributed by atoms with Crippen molar-refractivity contribution in [2.24, 2.45) is 11.8 Å². The van der Waals surface area contributed by atoms with Gasteiger partial charge in [-0.2, -0.15) is 0 Å². The number of nitrogens with one attached hydrogen (secondary N) is 1. The van der Waals surface area contributed by atoms with E-state index in [9.17, 15) is 4.79 Å². The average Bonchev–Trinajstić information content (AvgIpc) is 2.95. The number of rotatable bonds is 3. The highest BCUT2D eigenvalue weighted by Crippen LogP contribution is 2.26. The smallest absolute Gasteiger partial charge is 0.308 e. The van der Waals surface area contributed by atoms with E-state index in [0.717, 1.165) is 18.6 Å². The minimum atomic E-state index is -0.672. The van der Waals surface area contributed by atoms with E-state index < -0.39 is 5.97 Å². The van der Waals surface area contributed by atoms with Gasteiger partial charge in [0.2, 0.25) is 0 Å². The first-order valence-corrected chi connectivity index (χ1v) is 6.65. The Hall–Kier alpha value is -1.81. The molecule has 19 heavy (non-hydrogen) atoms. The predicted octanol–water partition coefficient (Wildman–Crippen LogP) is 2.32. The molecule has 0 radical (unpaired) electrons. The van der Waals surface area contributed by atoms with Crippen molar-refractivity contribution in [3.05, 3.63) is 36.0 Å². The lowest BCUT2D eigenvalue weighted by molar-refractivity contribution is -0.142. The van der Waals surface area contributed by atoms with Crippen molar-refractivity contribution in [3.63, 3.8) is 0 Å². The maximum atomic E-state index is 11.1. The number of fused-ring (bicyclic) bond motifs is 1. The zero-order chi connectivity index (χ0) is 13.4. The number of para-hydroxylation sites is 1. The quantitative estimate of drug-likeness (QED) is 0.888. The molecule has 100 valence electrons. The molecule has 0 spiro atoms. The third kappa shape index (κ3) is 2.24. The van der Waals surface area contributed by atoms with E-state index >= 15 is 0 Å². The normalized spacial score (nSPS) is 24.1. The van der Waals surface area contributed by atoms with Crippen LogP contribution in [0.3, 0.4) is 0 Å². The summed E-state index contributed by atoms with van der Waals surface area (Å²) in [5, 5.41) is 10.4. The molecule has 0 aliphatic carbocycles. The molecule has 1 aromatic heterocycles. The highest BCUT2D eigenvalue weighted by atomic mass is 16.4. The van der Waals surface area contributed by atoms with Gasteiger partial charge < -0.3 is 10.1 Å². The van der Waals surface area contributed by atoms with Crippen LogP contribution in [0.4, 0.5) is 0 Å². The van der Waals surface area contributed by atoms with E-state index in [0.29, 0.717) is 6.54 Å². The van der Waals surface area contributed by atoms with E-state index in [1.807, 2.05) is 25.3 Å². The maximum Gasteiger partial charge on any atom is 0.308 e. The number of hydrogen-bond acceptors (Lipinski definition) is 2. The molecule has 2 heterocycles. The number of carboxylic acids is 1. The fourth-order valence-corrected chi connectivity index (χ4v) is 3.02. The first kappa shape index (κ1) is 12.2. The third-order valence-corrected chi connectivity index (χ3v) is 4.07. The molecular weight excluding hydrogens is 240 g/mol. The number of nitrogens with zero attached hydrogens (tertiary/aromatic N) is 1. The number of likely N-dealkylation sites (tertiary alicyclic amines) is 1. The summed E-state index contributed by atoms with van der Waals surface area (Å²) >= 11 is 0. The summed E-state index contributed by atoms with van der Waals surface area (Å²) in [4.78, 5) is 16.6. The van der Waals surface area contributed by atoms with Crippen LogP contribution < -0.4 is 0 Å². The zero-order valence-corrected chi connectivity index (χ0v) is 11.0. The monoisotopic (exact) mass is 258 g/mol. The van der Waals surface area contributed by atoms with Gasteiger partial charge in [0.25, 0.3) is 0 Å². The summed E-state index contributed by atoms with van der Waals surface area (Å²) in [6.45, 7) is 4.35. The van der Waals surface area contributed by atoms with Crippen LogP contribution in [0.5, 0.6) is 0 Å². The molecule has 4 nitrogen and oxygen atoms in total. The van der Waals surface area contributed by atoms with Gasteiger partial charge in [-0.25, -0.2) is 0 Å². The van der Waals surface area contributed by atoms with Crippen LogP contribution in [0.25, 0.3) is 10.9 Å². The molecule has 2 N–H and O–H groups in total. The van der Waals surface area contributed by atoms with Gasteiger partial charge in [0.05, 0.1) is 5.92 Å². The van der Waals surface area contributed by atoms with Crippen LogP contribution in [-0.4, -0.2) is 34.0 Å². The molecule has 1 aliphatic heterocycles. The fraction of sp³-hybridized carbons (Fsp3) is 0.400. The van der Waals surface area contributed by atoms with Crippen molar-refractivity contribution in [2.45, 2.75) is 13.5 Å². The van der Waals surface area contributed by atoms with Crippen molar-refractivity contribution in [2.75, 3.05) is 13.1 Å². The fourth-order valence-electron chi connectivity index (χ4n) is 3.02. The van der Waals surface area contributed by atoms with E-state index in [1.165, 1.54) is 10.9 Å². The molecule has 3 rings (SSSR count). The molecule has 0 bridgehead atoms. The SMILES string of the molecule is C[C@@H]1CN(Cc2c[nH]c3ccccc23)C[C@H]1C(=O)O. The molecule has 4 heteroatoms. The number of aliphatic carboxylic acids is 1. The van der Waals surface area contributed by atoms with Crippen molar-refractivity contribution < 1.29 is 9.90 Å². The van der Waals surface area contributed by atoms with Gasteiger partial charge in [-0.3, -0.25) is 9.69 Å². The van der Waals surface area contributed by atoms with Gasteiger partial charge in [0.15, 0.2) is 0 Å². The van der Waals surface area contributed by atoms with Crippen LogP contribution in [0.2, 0.25) is 0 Å². The summed E-state index contributed by atoms with van der Waals surface area (Å²) in [7, 11) is 0. The van der Waals surface area contributed by atoms with Gasteiger partial charge in [-0.1, -0.05) is 25.1 Å². The highest BCUT2D eigenvalue weighted by molar-refractivity contribution is 5.83. The second-order valence-corrected chi connectivity index (χ2v) is 5.48. The van der Waals surface area contributed by atoms with Crippen LogP contribution >= 0.6 is 0 Å². The third-order valence-electron chi connectivity index (χ3n) is 4.07. The first-order chi connectivity index (χ1) is 9.15. The van der Waals surface area contributed by atoms with Crippen LogP contribution in [0, 0.1) is 11.8 Å². The lowest BCUT2D eigenvalue weighted by Gasteiger charge is -2.14. The van der Waals surface area contributed by atoms with Crippen molar-refractivity contribution in [1.82, 2.24) is 9.88 Å². The number of aromatic nitrogens is 1. The number of carbonyl (C=O) groups is 1. The van der Waals surface area contributed by atoms with Gasteiger partial charge in [-0.15, -0.1) is 0 Å². The summed E-state index contributed by atoms with van der Waals surface area (Å²) in [6.07, 6.45) is 2.03.